The van der Waals surface area contributed by atoms with E-state index in [4.69, 9.17) is 15.7 Å². The van der Waals surface area contributed by atoms with Crippen molar-refractivity contribution in [3.63, 3.8) is 0 Å². The number of aryl methyl sites for hydroxylation is 1. The number of hydrogen-bond donors (Lipinski definition) is 2. The van der Waals surface area contributed by atoms with Crippen LogP contribution in [0.25, 0.3) is 0 Å². The fraction of sp³-hybridized carbons (Fsp3) is 0.154. The third kappa shape index (κ3) is 3.27. The lowest BCUT2D eigenvalue weighted by molar-refractivity contribution is 0.318. The number of nitrogens with zero attached hydrogens (tertiary/aromatic N) is 3. The third-order valence-electron chi connectivity index (χ3n) is 2.84. The highest BCUT2D eigenvalue weighted by atomic mass is 79.9. The molecule has 0 bridgehead atoms. The number of oxime groups is 1. The Bertz CT molecular complexity index is 701. The van der Waals surface area contributed by atoms with Gasteiger partial charge in [0.25, 0.3) is 0 Å². The molecule has 0 aliphatic carbocycles. The fourth-order valence-electron chi connectivity index (χ4n) is 1.71. The molecule has 0 unspecified atom stereocenters. The van der Waals surface area contributed by atoms with Crippen molar-refractivity contribution in [3.8, 4) is 11.6 Å². The normalized spacial score (nSPS) is 11.5. The van der Waals surface area contributed by atoms with E-state index >= 15 is 0 Å². The predicted molar refractivity (Wildman–Crippen MR) is 78.2 cm³/mol. The van der Waals surface area contributed by atoms with Crippen molar-refractivity contribution in [1.82, 2.24) is 10.2 Å². The number of benzene rings is 1. The summed E-state index contributed by atoms with van der Waals surface area (Å²) >= 11 is 3.17. The second-order valence-electron chi connectivity index (χ2n) is 4.28. The molecule has 2 rings (SSSR count). The van der Waals surface area contributed by atoms with Crippen LogP contribution >= 0.6 is 15.9 Å². The van der Waals surface area contributed by atoms with E-state index in [-0.39, 0.29) is 17.5 Å². The average molecular weight is 355 g/mol. The zero-order valence-electron chi connectivity index (χ0n) is 11.3. The van der Waals surface area contributed by atoms with Crippen molar-refractivity contribution >= 4 is 21.8 Å². The zero-order valence-corrected chi connectivity index (χ0v) is 12.8. The predicted octanol–water partition coefficient (Wildman–Crippen LogP) is 2.88. The van der Waals surface area contributed by atoms with Crippen LogP contribution < -0.4 is 10.5 Å². The van der Waals surface area contributed by atoms with Gasteiger partial charge in [-0.25, -0.2) is 4.39 Å². The average Bonchev–Trinajstić information content (AvgIpc) is 2.41. The maximum absolute atomic E-state index is 13.4. The summed E-state index contributed by atoms with van der Waals surface area (Å²) < 4.78 is 19.4. The Morgan fingerprint density at radius 2 is 2.05 bits per heavy atom. The van der Waals surface area contributed by atoms with E-state index in [1.54, 1.807) is 19.9 Å². The first kappa shape index (κ1) is 15.2. The second-order valence-corrected chi connectivity index (χ2v) is 5.20. The molecule has 0 aliphatic heterocycles. The van der Waals surface area contributed by atoms with Gasteiger partial charge in [-0.1, -0.05) is 21.1 Å². The van der Waals surface area contributed by atoms with Crippen molar-refractivity contribution in [2.75, 3.05) is 0 Å². The van der Waals surface area contributed by atoms with Gasteiger partial charge in [0.05, 0.1) is 11.3 Å². The van der Waals surface area contributed by atoms with Crippen LogP contribution in [-0.2, 0) is 0 Å². The van der Waals surface area contributed by atoms with Crippen molar-refractivity contribution in [2.24, 2.45) is 10.9 Å². The van der Waals surface area contributed by atoms with Crippen LogP contribution in [0.3, 0.4) is 0 Å². The minimum absolute atomic E-state index is 0.0332. The number of rotatable bonds is 3. The molecule has 0 saturated carbocycles. The molecule has 21 heavy (non-hydrogen) atoms. The molecule has 2 aromatic rings. The van der Waals surface area contributed by atoms with Gasteiger partial charge in [0.2, 0.25) is 5.88 Å². The van der Waals surface area contributed by atoms with Crippen LogP contribution in [0, 0.1) is 19.7 Å². The maximum atomic E-state index is 13.4. The highest BCUT2D eigenvalue weighted by Gasteiger charge is 2.17. The van der Waals surface area contributed by atoms with Gasteiger partial charge in [-0.2, -0.15) is 5.10 Å². The first-order chi connectivity index (χ1) is 9.92. The van der Waals surface area contributed by atoms with Gasteiger partial charge in [-0.05, 0) is 31.5 Å². The summed E-state index contributed by atoms with van der Waals surface area (Å²) in [5.41, 5.74) is 7.23. The number of amidine groups is 1. The lowest BCUT2D eigenvalue weighted by Crippen LogP contribution is -2.18. The number of aromatic nitrogens is 2. The first-order valence-electron chi connectivity index (χ1n) is 5.88. The molecule has 1 aromatic heterocycles. The minimum Gasteiger partial charge on any atom is -0.437 e. The highest BCUT2D eigenvalue weighted by molar-refractivity contribution is 9.10. The van der Waals surface area contributed by atoms with Gasteiger partial charge in [0.15, 0.2) is 5.84 Å². The van der Waals surface area contributed by atoms with E-state index in [0.717, 1.165) is 0 Å². The lowest BCUT2D eigenvalue weighted by atomic mass is 10.1. The van der Waals surface area contributed by atoms with Crippen molar-refractivity contribution in [2.45, 2.75) is 13.8 Å². The molecule has 110 valence electrons. The van der Waals surface area contributed by atoms with Crippen molar-refractivity contribution in [1.29, 1.82) is 0 Å². The van der Waals surface area contributed by atoms with E-state index in [1.165, 1.54) is 12.1 Å². The van der Waals surface area contributed by atoms with Crippen molar-refractivity contribution < 1.29 is 14.3 Å². The molecule has 0 saturated heterocycles. The molecule has 8 heteroatoms. The minimum atomic E-state index is -0.471. The molecule has 6 nitrogen and oxygen atoms in total. The topological polar surface area (TPSA) is 93.6 Å². The monoisotopic (exact) mass is 354 g/mol. The molecule has 0 fully saturated rings. The Morgan fingerprint density at radius 1 is 1.33 bits per heavy atom. The number of halogens is 2. The standard InChI is InChI=1S/C13H12BrFN4O2/c1-6-7(2)17-18-13(11(6)12(16)19-20)21-10-4-8(14)3-9(15)5-10/h3-5,20H,1-2H3,(H2,16,19). The van der Waals surface area contributed by atoms with Crippen LogP contribution in [0.4, 0.5) is 4.39 Å². The van der Waals surface area contributed by atoms with Crippen LogP contribution in [0.5, 0.6) is 11.6 Å². The van der Waals surface area contributed by atoms with E-state index in [9.17, 15) is 4.39 Å². The lowest BCUT2D eigenvalue weighted by Gasteiger charge is -2.12. The molecule has 0 atom stereocenters. The number of nitrogens with two attached hydrogens (primary N) is 1. The van der Waals surface area contributed by atoms with E-state index in [1.807, 2.05) is 0 Å². The Labute approximate surface area is 128 Å². The van der Waals surface area contributed by atoms with Crippen LogP contribution in [0.1, 0.15) is 16.8 Å². The summed E-state index contributed by atoms with van der Waals surface area (Å²) in [5.74, 6) is -0.380. The molecule has 0 aliphatic rings. The second kappa shape index (κ2) is 6.04. The van der Waals surface area contributed by atoms with Gasteiger partial charge >= 0.3 is 0 Å². The van der Waals surface area contributed by atoms with Gasteiger partial charge in [0.1, 0.15) is 11.6 Å². The summed E-state index contributed by atoms with van der Waals surface area (Å²) in [5, 5.41) is 19.6. The summed E-state index contributed by atoms with van der Waals surface area (Å²) in [4.78, 5) is 0. The fourth-order valence-corrected chi connectivity index (χ4v) is 2.15. The Hall–Kier alpha value is -2.22. The number of ether oxygens (including phenoxy) is 1. The van der Waals surface area contributed by atoms with Crippen LogP contribution in [0.15, 0.2) is 27.8 Å². The van der Waals surface area contributed by atoms with Gasteiger partial charge in [-0.3, -0.25) is 0 Å². The van der Waals surface area contributed by atoms with Gasteiger partial charge in [-0.15, -0.1) is 5.10 Å². The van der Waals surface area contributed by atoms with E-state index in [0.29, 0.717) is 21.3 Å². The molecule has 0 radical (unpaired) electrons. The maximum Gasteiger partial charge on any atom is 0.250 e. The molecule has 3 N–H and O–H groups in total. The van der Waals surface area contributed by atoms with Crippen LogP contribution in [0.2, 0.25) is 0 Å². The molecule has 0 amide bonds. The Balaban J connectivity index is 2.51. The smallest absolute Gasteiger partial charge is 0.250 e. The molecule has 1 aromatic carbocycles. The molecule has 1 heterocycles. The Kier molecular flexibility index (Phi) is 4.37. The van der Waals surface area contributed by atoms with Gasteiger partial charge < -0.3 is 15.7 Å². The summed E-state index contributed by atoms with van der Waals surface area (Å²) in [6.07, 6.45) is 0. The SMILES string of the molecule is Cc1nnc(Oc2cc(F)cc(Br)c2)c(/C(N)=N/O)c1C. The summed E-state index contributed by atoms with van der Waals surface area (Å²) in [6, 6.07) is 4.05. The largest absolute Gasteiger partial charge is 0.437 e. The zero-order chi connectivity index (χ0) is 15.6. The summed E-state index contributed by atoms with van der Waals surface area (Å²) in [6.45, 7) is 3.48. The number of hydrogen-bond acceptors (Lipinski definition) is 5. The first-order valence-corrected chi connectivity index (χ1v) is 6.67. The molecule has 0 spiro atoms. The van der Waals surface area contributed by atoms with E-state index in [2.05, 4.69) is 31.3 Å². The Morgan fingerprint density at radius 3 is 2.67 bits per heavy atom. The van der Waals surface area contributed by atoms with E-state index < -0.39 is 5.82 Å². The molecular weight excluding hydrogens is 343 g/mol. The van der Waals surface area contributed by atoms with Crippen molar-refractivity contribution in [3.05, 3.63) is 45.3 Å². The van der Waals surface area contributed by atoms with Gasteiger partial charge in [0, 0.05) is 10.5 Å². The highest BCUT2D eigenvalue weighted by Crippen LogP contribution is 2.28. The third-order valence-corrected chi connectivity index (χ3v) is 3.29. The summed E-state index contributed by atoms with van der Waals surface area (Å²) in [7, 11) is 0. The molecular formula is C13H12BrFN4O2. The quantitative estimate of drug-likeness (QED) is 0.382. The van der Waals surface area contributed by atoms with Crippen LogP contribution in [-0.4, -0.2) is 21.2 Å².